The van der Waals surface area contributed by atoms with Gasteiger partial charge in [0.2, 0.25) is 0 Å². The molecule has 3 aromatic heterocycles. The average molecular weight is 393 g/mol. The van der Waals surface area contributed by atoms with Gasteiger partial charge in [0, 0.05) is 17.3 Å². The fourth-order valence-electron chi connectivity index (χ4n) is 2.55. The van der Waals surface area contributed by atoms with E-state index in [0.717, 1.165) is 35.6 Å². The number of methoxy groups -OCH3 is 1. The van der Waals surface area contributed by atoms with Crippen molar-refractivity contribution >= 4 is 38.8 Å². The first-order valence-corrected chi connectivity index (χ1v) is 10.2. The van der Waals surface area contributed by atoms with Gasteiger partial charge in [-0.25, -0.2) is 14.3 Å². The SMILES string of the molecule is COC(=O)c1sccc1NS(=O)(=O)c1nc2nc(C3CC3)cc(C)n2n1. The number of esters is 1. The molecule has 3 heterocycles. The summed E-state index contributed by atoms with van der Waals surface area (Å²) in [5.41, 5.74) is 1.80. The molecule has 136 valence electrons. The van der Waals surface area contributed by atoms with Gasteiger partial charge in [-0.05, 0) is 37.3 Å². The second-order valence-electron chi connectivity index (χ2n) is 5.96. The van der Waals surface area contributed by atoms with Crippen LogP contribution in [0, 0.1) is 6.92 Å². The van der Waals surface area contributed by atoms with Crippen molar-refractivity contribution in [3.63, 3.8) is 0 Å². The Morgan fingerprint density at radius 2 is 2.15 bits per heavy atom. The molecule has 1 saturated carbocycles. The first-order valence-electron chi connectivity index (χ1n) is 7.82. The molecule has 9 nitrogen and oxygen atoms in total. The molecule has 0 unspecified atom stereocenters. The molecule has 0 atom stereocenters. The second-order valence-corrected chi connectivity index (χ2v) is 8.46. The number of aryl methyl sites for hydroxylation is 1. The first-order chi connectivity index (χ1) is 12.4. The Hall–Kier alpha value is -2.53. The Morgan fingerprint density at radius 1 is 1.38 bits per heavy atom. The molecule has 1 aliphatic rings. The molecule has 0 saturated heterocycles. The summed E-state index contributed by atoms with van der Waals surface area (Å²) < 4.78 is 33.7. The van der Waals surface area contributed by atoms with Crippen molar-refractivity contribution in [3.8, 4) is 0 Å². The van der Waals surface area contributed by atoms with Crippen LogP contribution in [0.2, 0.25) is 0 Å². The van der Waals surface area contributed by atoms with Crippen molar-refractivity contribution in [1.82, 2.24) is 19.6 Å². The van der Waals surface area contributed by atoms with E-state index in [0.29, 0.717) is 5.92 Å². The lowest BCUT2D eigenvalue weighted by atomic mass is 10.2. The third-order valence-electron chi connectivity index (χ3n) is 4.01. The Morgan fingerprint density at radius 3 is 2.85 bits per heavy atom. The lowest BCUT2D eigenvalue weighted by molar-refractivity contribution is 0.0607. The highest BCUT2D eigenvalue weighted by Crippen LogP contribution is 2.39. The standard InChI is InChI=1S/C15H15N5O4S2/c1-8-7-11(9-3-4-9)16-14-17-15(18-20(8)14)26(22,23)19-10-5-6-25-12(10)13(21)24-2/h5-7,9,19H,3-4H2,1-2H3. The highest BCUT2D eigenvalue weighted by atomic mass is 32.2. The Labute approximate surface area is 153 Å². The van der Waals surface area contributed by atoms with Crippen molar-refractivity contribution in [2.24, 2.45) is 0 Å². The Kier molecular flexibility index (Phi) is 3.92. The summed E-state index contributed by atoms with van der Waals surface area (Å²) in [5.74, 6) is 0.0417. The minimum atomic E-state index is -4.08. The number of fused-ring (bicyclic) bond motifs is 1. The molecule has 26 heavy (non-hydrogen) atoms. The van der Waals surface area contributed by atoms with Gasteiger partial charge in [0.05, 0.1) is 12.8 Å². The van der Waals surface area contributed by atoms with Gasteiger partial charge in [-0.1, -0.05) is 0 Å². The molecule has 0 aromatic carbocycles. The fraction of sp³-hybridized carbons (Fsp3) is 0.333. The molecule has 0 bridgehead atoms. The van der Waals surface area contributed by atoms with Crippen molar-refractivity contribution in [1.29, 1.82) is 0 Å². The van der Waals surface area contributed by atoms with Gasteiger partial charge in [-0.15, -0.1) is 16.4 Å². The lowest BCUT2D eigenvalue weighted by Crippen LogP contribution is -2.16. The summed E-state index contributed by atoms with van der Waals surface area (Å²) in [4.78, 5) is 20.4. The van der Waals surface area contributed by atoms with Crippen LogP contribution in [0.25, 0.3) is 5.78 Å². The van der Waals surface area contributed by atoms with Gasteiger partial charge in [-0.3, -0.25) is 4.72 Å². The number of anilines is 1. The van der Waals surface area contributed by atoms with Crippen LogP contribution in [0.15, 0.2) is 22.7 Å². The highest BCUT2D eigenvalue weighted by Gasteiger charge is 2.28. The van der Waals surface area contributed by atoms with E-state index in [4.69, 9.17) is 0 Å². The average Bonchev–Trinajstić information content (AvgIpc) is 3.19. The van der Waals surface area contributed by atoms with Crippen molar-refractivity contribution in [3.05, 3.63) is 33.8 Å². The van der Waals surface area contributed by atoms with Crippen molar-refractivity contribution in [2.45, 2.75) is 30.8 Å². The van der Waals surface area contributed by atoms with E-state index < -0.39 is 21.1 Å². The van der Waals surface area contributed by atoms with Gasteiger partial charge >= 0.3 is 5.97 Å². The molecule has 0 spiro atoms. The summed E-state index contributed by atoms with van der Waals surface area (Å²) in [6.45, 7) is 1.83. The number of nitrogens with one attached hydrogen (secondary N) is 1. The van der Waals surface area contributed by atoms with Crippen LogP contribution >= 0.6 is 11.3 Å². The number of carbonyl (C=O) groups excluding carboxylic acids is 1. The van der Waals surface area contributed by atoms with Crippen LogP contribution in [0.3, 0.4) is 0 Å². The first kappa shape index (κ1) is 16.9. The molecule has 4 rings (SSSR count). The van der Waals surface area contributed by atoms with Crippen LogP contribution in [-0.2, 0) is 14.8 Å². The topological polar surface area (TPSA) is 116 Å². The van der Waals surface area contributed by atoms with E-state index in [2.05, 4.69) is 24.5 Å². The van der Waals surface area contributed by atoms with E-state index in [9.17, 15) is 13.2 Å². The molecule has 3 aromatic rings. The van der Waals surface area contributed by atoms with Crippen molar-refractivity contribution in [2.75, 3.05) is 11.8 Å². The van der Waals surface area contributed by atoms with Crippen LogP contribution < -0.4 is 4.72 Å². The quantitative estimate of drug-likeness (QED) is 0.659. The molecular formula is C15H15N5O4S2. The summed E-state index contributed by atoms with van der Waals surface area (Å²) in [6.07, 6.45) is 2.16. The van der Waals surface area contributed by atoms with Gasteiger partial charge < -0.3 is 4.74 Å². The third-order valence-corrected chi connectivity index (χ3v) is 6.04. The summed E-state index contributed by atoms with van der Waals surface area (Å²) in [7, 11) is -2.85. The number of sulfonamides is 1. The second kappa shape index (κ2) is 6.02. The number of hydrogen-bond acceptors (Lipinski definition) is 8. The van der Waals surface area contributed by atoms with Crippen LogP contribution in [0.4, 0.5) is 5.69 Å². The maximum Gasteiger partial charge on any atom is 0.350 e. The zero-order valence-corrected chi connectivity index (χ0v) is 15.6. The number of hydrogen-bond donors (Lipinski definition) is 1. The number of nitrogens with zero attached hydrogens (tertiary/aromatic N) is 4. The predicted molar refractivity (Wildman–Crippen MR) is 94.0 cm³/mol. The molecular weight excluding hydrogens is 378 g/mol. The number of ether oxygens (including phenoxy) is 1. The molecule has 0 radical (unpaired) electrons. The highest BCUT2D eigenvalue weighted by molar-refractivity contribution is 7.92. The van der Waals surface area contributed by atoms with Crippen LogP contribution in [-0.4, -0.2) is 41.1 Å². The van der Waals surface area contributed by atoms with E-state index >= 15 is 0 Å². The summed E-state index contributed by atoms with van der Waals surface area (Å²) in [5, 5.41) is 5.25. The largest absolute Gasteiger partial charge is 0.465 e. The zero-order valence-electron chi connectivity index (χ0n) is 14.0. The summed E-state index contributed by atoms with van der Waals surface area (Å²) >= 11 is 1.08. The number of aromatic nitrogens is 4. The van der Waals surface area contributed by atoms with E-state index in [1.54, 1.807) is 5.38 Å². The van der Waals surface area contributed by atoms with Crippen molar-refractivity contribution < 1.29 is 17.9 Å². The summed E-state index contributed by atoms with van der Waals surface area (Å²) in [6, 6.07) is 3.39. The number of thiophene rings is 1. The molecule has 0 aliphatic heterocycles. The van der Waals surface area contributed by atoms with Gasteiger partial charge in [-0.2, -0.15) is 13.4 Å². The maximum atomic E-state index is 12.7. The monoisotopic (exact) mass is 393 g/mol. The number of rotatable bonds is 5. The lowest BCUT2D eigenvalue weighted by Gasteiger charge is -2.04. The minimum absolute atomic E-state index is 0.129. The molecule has 0 amide bonds. The molecule has 11 heteroatoms. The van der Waals surface area contributed by atoms with E-state index in [-0.39, 0.29) is 16.3 Å². The van der Waals surface area contributed by atoms with Crippen LogP contribution in [0.1, 0.15) is 39.8 Å². The van der Waals surface area contributed by atoms with E-state index in [1.807, 2.05) is 13.0 Å². The van der Waals surface area contributed by atoms with Gasteiger partial charge in [0.15, 0.2) is 0 Å². The van der Waals surface area contributed by atoms with Gasteiger partial charge in [0.1, 0.15) is 4.88 Å². The smallest absolute Gasteiger partial charge is 0.350 e. The molecule has 1 N–H and O–H groups in total. The number of carbonyl (C=O) groups is 1. The Balaban J connectivity index is 1.71. The maximum absolute atomic E-state index is 12.7. The molecule has 1 fully saturated rings. The van der Waals surface area contributed by atoms with Crippen LogP contribution in [0.5, 0.6) is 0 Å². The minimum Gasteiger partial charge on any atom is -0.465 e. The Bertz CT molecular complexity index is 1110. The normalized spacial score (nSPS) is 14.5. The predicted octanol–water partition coefficient (Wildman–Crippen LogP) is 1.96. The molecule has 1 aliphatic carbocycles. The van der Waals surface area contributed by atoms with Gasteiger partial charge in [0.25, 0.3) is 21.0 Å². The zero-order chi connectivity index (χ0) is 18.5. The fourth-order valence-corrected chi connectivity index (χ4v) is 4.32. The third kappa shape index (κ3) is 2.92. The van der Waals surface area contributed by atoms with E-state index in [1.165, 1.54) is 17.7 Å².